The van der Waals surface area contributed by atoms with E-state index in [1.807, 2.05) is 0 Å². The minimum Gasteiger partial charge on any atom is -0.478 e. The molecule has 0 aliphatic rings. The first-order valence-electron chi connectivity index (χ1n) is 4.33. The van der Waals surface area contributed by atoms with Crippen molar-refractivity contribution in [2.45, 2.75) is 19.4 Å². The Labute approximate surface area is 95.6 Å². The molecule has 16 heavy (non-hydrogen) atoms. The number of aryl methyl sites for hydroxylation is 1. The van der Waals surface area contributed by atoms with Crippen molar-refractivity contribution in [1.82, 2.24) is 0 Å². The summed E-state index contributed by atoms with van der Waals surface area (Å²) in [5, 5.41) is 8.81. The van der Waals surface area contributed by atoms with E-state index < -0.39 is 12.6 Å². The van der Waals surface area contributed by atoms with Gasteiger partial charge in [-0.1, -0.05) is 6.07 Å². The monoisotopic (exact) mass is 250 g/mol. The minimum absolute atomic E-state index is 0.0250. The molecule has 0 saturated carbocycles. The zero-order valence-corrected chi connectivity index (χ0v) is 9.09. The second-order valence-corrected chi connectivity index (χ2v) is 3.36. The van der Waals surface area contributed by atoms with Crippen molar-refractivity contribution in [3.63, 3.8) is 0 Å². The Morgan fingerprint density at radius 3 is 2.62 bits per heavy atom. The van der Waals surface area contributed by atoms with Gasteiger partial charge in [0.2, 0.25) is 0 Å². The summed E-state index contributed by atoms with van der Waals surface area (Å²) in [6.07, 6.45) is 0. The third-order valence-electron chi connectivity index (χ3n) is 2.00. The van der Waals surface area contributed by atoms with Gasteiger partial charge in [0, 0.05) is 5.56 Å². The van der Waals surface area contributed by atoms with Crippen molar-refractivity contribution < 1.29 is 23.4 Å². The van der Waals surface area contributed by atoms with Crippen LogP contribution in [-0.4, -0.2) is 17.7 Å². The van der Waals surface area contributed by atoms with Crippen LogP contribution < -0.4 is 4.74 Å². The number of carbonyl (C=O) groups is 1. The fraction of sp³-hybridized carbons (Fsp3) is 0.300. The van der Waals surface area contributed by atoms with E-state index in [9.17, 15) is 13.6 Å². The molecular weight excluding hydrogens is 242 g/mol. The fourth-order valence-corrected chi connectivity index (χ4v) is 1.50. The number of rotatable bonds is 4. The summed E-state index contributed by atoms with van der Waals surface area (Å²) in [6, 6.07) is 2.48. The van der Waals surface area contributed by atoms with Crippen molar-refractivity contribution in [3.05, 3.63) is 28.8 Å². The molecule has 0 aromatic heterocycles. The van der Waals surface area contributed by atoms with Crippen LogP contribution in [0.2, 0.25) is 0 Å². The number of ether oxygens (including phenoxy) is 1. The lowest BCUT2D eigenvalue weighted by atomic mass is 10.0. The molecule has 0 aliphatic carbocycles. The van der Waals surface area contributed by atoms with Gasteiger partial charge < -0.3 is 9.84 Å². The number of hydrogen-bond acceptors (Lipinski definition) is 2. The molecule has 0 aliphatic heterocycles. The molecule has 1 aromatic carbocycles. The Hall–Kier alpha value is -1.36. The van der Waals surface area contributed by atoms with Gasteiger partial charge in [0.25, 0.3) is 0 Å². The van der Waals surface area contributed by atoms with E-state index in [0.29, 0.717) is 11.1 Å². The number of alkyl halides is 3. The average molecular weight is 251 g/mol. The molecule has 6 heteroatoms. The maximum absolute atomic E-state index is 12.1. The molecule has 1 rings (SSSR count). The highest BCUT2D eigenvalue weighted by Gasteiger charge is 2.15. The van der Waals surface area contributed by atoms with E-state index in [2.05, 4.69) is 4.74 Å². The molecule has 0 amide bonds. The highest BCUT2D eigenvalue weighted by atomic mass is 35.5. The third kappa shape index (κ3) is 2.82. The normalized spacial score (nSPS) is 10.6. The smallest absolute Gasteiger partial charge is 0.387 e. The maximum atomic E-state index is 12.1. The summed E-state index contributed by atoms with van der Waals surface area (Å²) in [6.45, 7) is -1.45. The topological polar surface area (TPSA) is 46.5 Å². The van der Waals surface area contributed by atoms with Crippen molar-refractivity contribution >= 4 is 17.6 Å². The molecule has 0 atom stereocenters. The van der Waals surface area contributed by atoms with E-state index in [0.717, 1.165) is 6.07 Å². The lowest BCUT2D eigenvalue weighted by Crippen LogP contribution is -2.07. The van der Waals surface area contributed by atoms with Gasteiger partial charge in [-0.05, 0) is 18.6 Å². The number of halogens is 3. The Morgan fingerprint density at radius 2 is 2.19 bits per heavy atom. The van der Waals surface area contributed by atoms with Gasteiger partial charge in [0.05, 0.1) is 11.4 Å². The predicted molar refractivity (Wildman–Crippen MR) is 54.3 cm³/mol. The minimum atomic E-state index is -3.01. The quantitative estimate of drug-likeness (QED) is 0.836. The molecule has 0 saturated heterocycles. The molecule has 3 nitrogen and oxygen atoms in total. The predicted octanol–water partition coefficient (Wildman–Crippen LogP) is 3.03. The van der Waals surface area contributed by atoms with E-state index in [-0.39, 0.29) is 17.2 Å². The lowest BCUT2D eigenvalue weighted by Gasteiger charge is -2.11. The second-order valence-electron chi connectivity index (χ2n) is 3.09. The molecule has 0 unspecified atom stereocenters. The van der Waals surface area contributed by atoms with Gasteiger partial charge in [-0.3, -0.25) is 0 Å². The number of carboxylic acid groups (broad SMARTS) is 1. The summed E-state index contributed by atoms with van der Waals surface area (Å²) in [5.41, 5.74) is 0.707. The summed E-state index contributed by atoms with van der Waals surface area (Å²) in [7, 11) is 0. The third-order valence-corrected chi connectivity index (χ3v) is 2.29. The van der Waals surface area contributed by atoms with Gasteiger partial charge in [0.15, 0.2) is 0 Å². The standard InChI is InChI=1S/C10H9ClF2O3/c1-5-2-6(4-11)8(16-10(12)13)3-7(5)9(14)15/h2-3,10H,4H2,1H3,(H,14,15). The van der Waals surface area contributed by atoms with Crippen molar-refractivity contribution in [3.8, 4) is 5.75 Å². The molecule has 0 spiro atoms. The maximum Gasteiger partial charge on any atom is 0.387 e. The molecular formula is C10H9ClF2O3. The van der Waals surface area contributed by atoms with E-state index in [1.165, 1.54) is 6.07 Å². The van der Waals surface area contributed by atoms with Crippen LogP contribution in [-0.2, 0) is 5.88 Å². The van der Waals surface area contributed by atoms with Crippen LogP contribution >= 0.6 is 11.6 Å². The number of benzene rings is 1. The highest BCUT2D eigenvalue weighted by Crippen LogP contribution is 2.26. The van der Waals surface area contributed by atoms with Crippen LogP contribution in [0.1, 0.15) is 21.5 Å². The van der Waals surface area contributed by atoms with Crippen molar-refractivity contribution in [2.24, 2.45) is 0 Å². The highest BCUT2D eigenvalue weighted by molar-refractivity contribution is 6.17. The first-order chi connectivity index (χ1) is 7.45. The fourth-order valence-electron chi connectivity index (χ4n) is 1.29. The Bertz CT molecular complexity index is 407. The first kappa shape index (κ1) is 12.7. The van der Waals surface area contributed by atoms with Crippen LogP contribution in [0.15, 0.2) is 12.1 Å². The number of hydrogen-bond donors (Lipinski definition) is 1. The first-order valence-corrected chi connectivity index (χ1v) is 4.86. The summed E-state index contributed by atoms with van der Waals surface area (Å²) in [5.74, 6) is -1.42. The Balaban J connectivity index is 3.23. The molecule has 1 aromatic rings. The Kier molecular flexibility index (Phi) is 4.06. The molecule has 0 bridgehead atoms. The summed E-state index contributed by atoms with van der Waals surface area (Å²) < 4.78 is 28.3. The zero-order valence-electron chi connectivity index (χ0n) is 8.34. The van der Waals surface area contributed by atoms with E-state index in [1.54, 1.807) is 6.92 Å². The molecule has 0 heterocycles. The van der Waals surface area contributed by atoms with E-state index in [4.69, 9.17) is 16.7 Å². The van der Waals surface area contributed by atoms with Crippen LogP contribution in [0, 0.1) is 6.92 Å². The van der Waals surface area contributed by atoms with Gasteiger partial charge in [-0.2, -0.15) is 8.78 Å². The van der Waals surface area contributed by atoms with Crippen molar-refractivity contribution in [2.75, 3.05) is 0 Å². The van der Waals surface area contributed by atoms with Crippen LogP contribution in [0.25, 0.3) is 0 Å². The van der Waals surface area contributed by atoms with Crippen LogP contribution in [0.5, 0.6) is 5.75 Å². The van der Waals surface area contributed by atoms with Crippen LogP contribution in [0.3, 0.4) is 0 Å². The summed E-state index contributed by atoms with van der Waals surface area (Å²) >= 11 is 5.55. The molecule has 0 fully saturated rings. The van der Waals surface area contributed by atoms with Crippen molar-refractivity contribution in [1.29, 1.82) is 0 Å². The molecule has 1 N–H and O–H groups in total. The number of aromatic carboxylic acids is 1. The largest absolute Gasteiger partial charge is 0.478 e. The molecule has 0 radical (unpaired) electrons. The van der Waals surface area contributed by atoms with Crippen LogP contribution in [0.4, 0.5) is 8.78 Å². The average Bonchev–Trinajstić information content (AvgIpc) is 2.18. The van der Waals surface area contributed by atoms with E-state index >= 15 is 0 Å². The van der Waals surface area contributed by atoms with Gasteiger partial charge >= 0.3 is 12.6 Å². The van der Waals surface area contributed by atoms with Gasteiger partial charge in [-0.15, -0.1) is 11.6 Å². The SMILES string of the molecule is Cc1cc(CCl)c(OC(F)F)cc1C(=O)O. The lowest BCUT2D eigenvalue weighted by molar-refractivity contribution is -0.0504. The molecule has 88 valence electrons. The summed E-state index contributed by atoms with van der Waals surface area (Å²) in [4.78, 5) is 10.8. The zero-order chi connectivity index (χ0) is 12.3. The van der Waals surface area contributed by atoms with Gasteiger partial charge in [-0.25, -0.2) is 4.79 Å². The van der Waals surface area contributed by atoms with Gasteiger partial charge in [0.1, 0.15) is 5.75 Å². The second kappa shape index (κ2) is 5.12. The Morgan fingerprint density at radius 1 is 1.56 bits per heavy atom. The number of carboxylic acids is 1.